The second-order valence-corrected chi connectivity index (χ2v) is 6.28. The Kier molecular flexibility index (Phi) is 4.85. The average molecular weight is 369 g/mol. The largest absolute Gasteiger partial charge is 0.319 e. The van der Waals surface area contributed by atoms with Crippen LogP contribution >= 0.6 is 34.5 Å². The molecule has 118 valence electrons. The number of halogens is 2. The number of carbonyl (C=O) groups is 1. The number of thiazole rings is 1. The highest BCUT2D eigenvalue weighted by Crippen LogP contribution is 2.21. The van der Waals surface area contributed by atoms with Crippen LogP contribution < -0.4 is 4.80 Å². The molecule has 0 atom stereocenters. The summed E-state index contributed by atoms with van der Waals surface area (Å²) in [4.78, 5) is 16.6. The molecule has 0 radical (unpaired) electrons. The highest BCUT2D eigenvalue weighted by atomic mass is 35.5. The lowest BCUT2D eigenvalue weighted by Gasteiger charge is -2.06. The van der Waals surface area contributed by atoms with Gasteiger partial charge in [0.2, 0.25) is 0 Å². The van der Waals surface area contributed by atoms with Crippen molar-refractivity contribution in [2.24, 2.45) is 4.99 Å². The molecule has 1 aromatic carbocycles. The number of tetrazole rings is 1. The first-order valence-corrected chi connectivity index (χ1v) is 8.11. The Labute approximate surface area is 144 Å². The average Bonchev–Trinajstić information content (AvgIpc) is 3.14. The van der Waals surface area contributed by atoms with E-state index < -0.39 is 0 Å². The van der Waals surface area contributed by atoms with Gasteiger partial charge in [0.25, 0.3) is 5.91 Å². The first kappa shape index (κ1) is 15.9. The van der Waals surface area contributed by atoms with Gasteiger partial charge in [-0.25, -0.2) is 4.68 Å². The minimum absolute atomic E-state index is 0.00734. The number of nitrogens with zero attached hydrogens (tertiary/aromatic N) is 6. The lowest BCUT2D eigenvalue weighted by molar-refractivity contribution is -0.118. The summed E-state index contributed by atoms with van der Waals surface area (Å²) in [5.74, 6) is -0.337. The van der Waals surface area contributed by atoms with Crippen molar-refractivity contribution < 1.29 is 4.79 Å². The van der Waals surface area contributed by atoms with Gasteiger partial charge in [-0.05, 0) is 28.1 Å². The van der Waals surface area contributed by atoms with Gasteiger partial charge >= 0.3 is 0 Å². The van der Waals surface area contributed by atoms with Gasteiger partial charge in [-0.15, -0.1) is 16.4 Å². The van der Waals surface area contributed by atoms with Gasteiger partial charge in [0.15, 0.2) is 4.80 Å². The standard InChI is InChI=1S/C13H10Cl2N6OS/c14-10-2-1-9(11(15)5-10)6-20-3-4-23-13(20)17-12(22)7-21-8-16-18-19-21/h1-5,8H,6-7H2. The fraction of sp³-hybridized carbons (Fsp3) is 0.154. The zero-order valence-corrected chi connectivity index (χ0v) is 14.0. The summed E-state index contributed by atoms with van der Waals surface area (Å²) in [6.45, 7) is 0.489. The quantitative estimate of drug-likeness (QED) is 0.705. The molecule has 0 aliphatic rings. The summed E-state index contributed by atoms with van der Waals surface area (Å²) < 4.78 is 3.16. The van der Waals surface area contributed by atoms with Crippen molar-refractivity contribution in [3.8, 4) is 0 Å². The second-order valence-electron chi connectivity index (χ2n) is 4.56. The van der Waals surface area contributed by atoms with Crippen molar-refractivity contribution in [3.05, 3.63) is 56.5 Å². The van der Waals surface area contributed by atoms with E-state index in [0.717, 1.165) is 5.56 Å². The molecule has 0 saturated carbocycles. The Morgan fingerprint density at radius 2 is 2.22 bits per heavy atom. The highest BCUT2D eigenvalue weighted by molar-refractivity contribution is 7.07. The molecule has 0 aliphatic heterocycles. The van der Waals surface area contributed by atoms with Crippen molar-refractivity contribution in [2.45, 2.75) is 13.1 Å². The predicted molar refractivity (Wildman–Crippen MR) is 86.3 cm³/mol. The van der Waals surface area contributed by atoms with Crippen molar-refractivity contribution in [2.75, 3.05) is 0 Å². The van der Waals surface area contributed by atoms with Crippen molar-refractivity contribution in [3.63, 3.8) is 0 Å². The van der Waals surface area contributed by atoms with Gasteiger partial charge in [-0.2, -0.15) is 4.99 Å². The van der Waals surface area contributed by atoms with Crippen LogP contribution in [0.5, 0.6) is 0 Å². The van der Waals surface area contributed by atoms with Gasteiger partial charge in [0.1, 0.15) is 12.9 Å². The fourth-order valence-corrected chi connectivity index (χ4v) is 3.09. The summed E-state index contributed by atoms with van der Waals surface area (Å²) in [6.07, 6.45) is 3.21. The molecule has 3 rings (SSSR count). The maximum atomic E-state index is 12.0. The molecule has 10 heteroatoms. The molecule has 2 aromatic heterocycles. The topological polar surface area (TPSA) is 78.0 Å². The summed E-state index contributed by atoms with van der Waals surface area (Å²) in [5.41, 5.74) is 0.892. The van der Waals surface area contributed by atoms with Gasteiger partial charge in [0.05, 0.1) is 6.54 Å². The molecular weight excluding hydrogens is 359 g/mol. The van der Waals surface area contributed by atoms with Crippen LogP contribution in [0.2, 0.25) is 10.0 Å². The van der Waals surface area contributed by atoms with E-state index in [1.807, 2.05) is 22.2 Å². The SMILES string of the molecule is O=C(Cn1cnnn1)N=c1sccn1Cc1ccc(Cl)cc1Cl. The number of hydrogen-bond acceptors (Lipinski definition) is 5. The molecule has 0 bridgehead atoms. The number of benzene rings is 1. The Bertz CT molecular complexity index is 886. The van der Waals surface area contributed by atoms with E-state index in [1.165, 1.54) is 22.3 Å². The maximum absolute atomic E-state index is 12.0. The Hall–Kier alpha value is -2.03. The van der Waals surface area contributed by atoms with Crippen molar-refractivity contribution in [1.29, 1.82) is 0 Å². The van der Waals surface area contributed by atoms with E-state index in [4.69, 9.17) is 23.2 Å². The van der Waals surface area contributed by atoms with Crippen molar-refractivity contribution >= 4 is 40.4 Å². The molecule has 0 saturated heterocycles. The molecule has 0 spiro atoms. The van der Waals surface area contributed by atoms with E-state index in [9.17, 15) is 4.79 Å². The summed E-state index contributed by atoms with van der Waals surface area (Å²) >= 11 is 13.4. The van der Waals surface area contributed by atoms with E-state index >= 15 is 0 Å². The van der Waals surface area contributed by atoms with Crippen LogP contribution in [0.1, 0.15) is 5.56 Å². The van der Waals surface area contributed by atoms with E-state index in [-0.39, 0.29) is 12.5 Å². The number of carbonyl (C=O) groups excluding carboxylic acids is 1. The van der Waals surface area contributed by atoms with Gasteiger partial charge in [0, 0.05) is 21.6 Å². The highest BCUT2D eigenvalue weighted by Gasteiger charge is 2.06. The molecule has 2 heterocycles. The molecule has 23 heavy (non-hydrogen) atoms. The van der Waals surface area contributed by atoms with Crippen LogP contribution in [0.3, 0.4) is 0 Å². The first-order valence-electron chi connectivity index (χ1n) is 6.48. The smallest absolute Gasteiger partial charge is 0.270 e. The third kappa shape index (κ3) is 4.04. The number of aromatic nitrogens is 5. The zero-order valence-electron chi connectivity index (χ0n) is 11.6. The van der Waals surface area contributed by atoms with Crippen molar-refractivity contribution in [1.82, 2.24) is 24.8 Å². The number of hydrogen-bond donors (Lipinski definition) is 0. The van der Waals surface area contributed by atoms with Gasteiger partial charge < -0.3 is 4.57 Å². The molecule has 1 amide bonds. The van der Waals surface area contributed by atoms with Gasteiger partial charge in [-0.1, -0.05) is 29.3 Å². The third-order valence-electron chi connectivity index (χ3n) is 2.92. The molecular formula is C13H10Cl2N6OS. The summed E-state index contributed by atoms with van der Waals surface area (Å²) in [7, 11) is 0. The lowest BCUT2D eigenvalue weighted by atomic mass is 10.2. The second kappa shape index (κ2) is 7.03. The monoisotopic (exact) mass is 368 g/mol. The maximum Gasteiger partial charge on any atom is 0.270 e. The van der Waals surface area contributed by atoms with Crippen LogP contribution in [0, 0.1) is 0 Å². The number of rotatable bonds is 4. The van der Waals surface area contributed by atoms with Gasteiger partial charge in [-0.3, -0.25) is 4.79 Å². The third-order valence-corrected chi connectivity index (χ3v) is 4.31. The molecule has 0 aliphatic carbocycles. The van der Waals surface area contributed by atoms with E-state index in [1.54, 1.807) is 12.1 Å². The summed E-state index contributed by atoms with van der Waals surface area (Å²) in [5, 5.41) is 13.6. The molecule has 7 nitrogen and oxygen atoms in total. The molecule has 0 fully saturated rings. The van der Waals surface area contributed by atoms with E-state index in [0.29, 0.717) is 21.4 Å². The minimum atomic E-state index is -0.337. The Morgan fingerprint density at radius 1 is 1.35 bits per heavy atom. The van der Waals surface area contributed by atoms with E-state index in [2.05, 4.69) is 20.5 Å². The molecule has 0 N–H and O–H groups in total. The van der Waals surface area contributed by atoms with Crippen LogP contribution in [0.15, 0.2) is 41.1 Å². The van der Waals surface area contributed by atoms with Crippen LogP contribution in [0.25, 0.3) is 0 Å². The molecule has 3 aromatic rings. The first-order chi connectivity index (χ1) is 11.1. The normalized spacial score (nSPS) is 11.8. The Morgan fingerprint density at radius 3 is 2.96 bits per heavy atom. The zero-order chi connectivity index (χ0) is 16.2. The predicted octanol–water partition coefficient (Wildman–Crippen LogP) is 2.02. The fourth-order valence-electron chi connectivity index (χ4n) is 1.87. The molecule has 0 unspecified atom stereocenters. The van der Waals surface area contributed by atoms with Crippen LogP contribution in [0.4, 0.5) is 0 Å². The van der Waals surface area contributed by atoms with Crippen LogP contribution in [-0.4, -0.2) is 30.7 Å². The Balaban J connectivity index is 1.81. The van der Waals surface area contributed by atoms with Crippen LogP contribution in [-0.2, 0) is 17.9 Å². The lowest BCUT2D eigenvalue weighted by Crippen LogP contribution is -2.19. The number of amides is 1. The summed E-state index contributed by atoms with van der Waals surface area (Å²) in [6, 6.07) is 5.31. The minimum Gasteiger partial charge on any atom is -0.319 e.